The minimum absolute atomic E-state index is 0. The van der Waals surface area contributed by atoms with Crippen LogP contribution in [-0.4, -0.2) is 41.8 Å². The fourth-order valence-electron chi connectivity index (χ4n) is 3.27. The number of nitrogens with zero attached hydrogens (tertiary/aromatic N) is 3. The van der Waals surface area contributed by atoms with E-state index in [4.69, 9.17) is 10.8 Å². The third-order valence-corrected chi connectivity index (χ3v) is 4.46. The highest BCUT2D eigenvalue weighted by molar-refractivity contribution is 5.73. The zero-order valence-electron chi connectivity index (χ0n) is 14.5. The first-order valence-corrected chi connectivity index (χ1v) is 8.04. The van der Waals surface area contributed by atoms with E-state index in [0.29, 0.717) is 0 Å². The average molecular weight is 302 g/mol. The van der Waals surface area contributed by atoms with Gasteiger partial charge in [-0.15, -0.1) is 0 Å². The summed E-state index contributed by atoms with van der Waals surface area (Å²) in [6, 6.07) is 4.37. The number of aromatic nitrogens is 2. The molecule has 2 heterocycles. The normalized spacial score (nSPS) is 14.1. The number of nitrogens with two attached hydrogens (primary N) is 1. The van der Waals surface area contributed by atoms with Gasteiger partial charge in [-0.3, -0.25) is 0 Å². The van der Waals surface area contributed by atoms with Gasteiger partial charge in [-0.1, -0.05) is 6.07 Å². The number of anilines is 1. The molecule has 0 spiro atoms. The van der Waals surface area contributed by atoms with Crippen LogP contribution < -0.4 is 5.73 Å². The molecular formula is C18H30N4. The number of pyridine rings is 1. The molecule has 0 amide bonds. The van der Waals surface area contributed by atoms with E-state index in [9.17, 15) is 0 Å². The van der Waals surface area contributed by atoms with Crippen molar-refractivity contribution in [2.45, 2.75) is 38.5 Å². The zero-order chi connectivity index (χ0) is 15.0. The van der Waals surface area contributed by atoms with Crippen LogP contribution in [0.1, 0.15) is 36.2 Å². The van der Waals surface area contributed by atoms with Gasteiger partial charge in [0.2, 0.25) is 0 Å². The monoisotopic (exact) mass is 302 g/mol. The molecule has 0 unspecified atom stereocenters. The molecule has 0 aliphatic heterocycles. The maximum Gasteiger partial charge on any atom is 0.0897 e. The summed E-state index contributed by atoms with van der Waals surface area (Å²) in [6.07, 6.45) is 6.93. The number of unbranched alkanes of at least 4 members (excludes halogenated alkanes) is 1. The lowest BCUT2D eigenvalue weighted by Gasteiger charge is -2.23. The molecule has 22 heavy (non-hydrogen) atoms. The summed E-state index contributed by atoms with van der Waals surface area (Å²) in [5.74, 6) is 0. The van der Waals surface area contributed by atoms with Crippen LogP contribution in [-0.2, 0) is 19.3 Å². The second kappa shape index (κ2) is 6.29. The number of hydrogen-bond donors (Lipinski definition) is 1. The number of quaternary nitrogens is 1. The molecule has 1 aliphatic rings. The summed E-state index contributed by atoms with van der Waals surface area (Å²) in [7, 11) is 6.72. The quantitative estimate of drug-likeness (QED) is 0.524. The Morgan fingerprint density at radius 1 is 1.18 bits per heavy atom. The highest BCUT2D eigenvalue weighted by Gasteiger charge is 2.18. The molecule has 0 bridgehead atoms. The fraction of sp³-hybridized carbons (Fsp3) is 0.556. The Morgan fingerprint density at radius 3 is 2.68 bits per heavy atom. The second-order valence-corrected chi connectivity index (χ2v) is 7.29. The van der Waals surface area contributed by atoms with Crippen LogP contribution in [0.15, 0.2) is 12.1 Å². The van der Waals surface area contributed by atoms with Gasteiger partial charge in [-0.05, 0) is 50.2 Å². The molecule has 4 heteroatoms. The maximum absolute atomic E-state index is 6.31. The van der Waals surface area contributed by atoms with Crippen LogP contribution in [0.5, 0.6) is 0 Å². The van der Waals surface area contributed by atoms with Crippen LogP contribution >= 0.6 is 0 Å². The number of fused-ring (bicyclic) bond motifs is 3. The van der Waals surface area contributed by atoms with Crippen molar-refractivity contribution in [3.05, 3.63) is 36.5 Å². The highest BCUT2D eigenvalue weighted by Crippen LogP contribution is 2.27. The van der Waals surface area contributed by atoms with Crippen molar-refractivity contribution in [3.63, 3.8) is 0 Å². The van der Waals surface area contributed by atoms with E-state index in [0.717, 1.165) is 40.6 Å². The average Bonchev–Trinajstić information content (AvgIpc) is 2.99. The second-order valence-electron chi connectivity index (χ2n) is 7.29. The van der Waals surface area contributed by atoms with Crippen LogP contribution in [0.3, 0.4) is 0 Å². The molecule has 0 fully saturated rings. The Kier molecular flexibility index (Phi) is 4.81. The van der Waals surface area contributed by atoms with Gasteiger partial charge in [-0.2, -0.15) is 5.10 Å². The number of rotatable bonds is 5. The number of aryl methyl sites for hydroxylation is 3. The van der Waals surface area contributed by atoms with Crippen molar-refractivity contribution >= 4 is 11.2 Å². The fourth-order valence-corrected chi connectivity index (χ4v) is 3.27. The Balaban J connectivity index is 0.00000176. The zero-order valence-corrected chi connectivity index (χ0v) is 14.5. The molecule has 122 valence electrons. The van der Waals surface area contributed by atoms with Crippen molar-refractivity contribution in [1.29, 1.82) is 0 Å². The highest BCUT2D eigenvalue weighted by atomic mass is 15.3. The van der Waals surface area contributed by atoms with Gasteiger partial charge < -0.3 is 17.6 Å². The molecule has 2 aromatic heterocycles. The third-order valence-electron chi connectivity index (χ3n) is 4.46. The Morgan fingerprint density at radius 2 is 1.95 bits per heavy atom. The SMILES string of the molecule is C[N+](C)(C)CCCCc1nn2c3c(ccc2c1N)CCC3.[CH3-]. The molecule has 1 aliphatic carbocycles. The minimum atomic E-state index is 0. The first kappa shape index (κ1) is 16.8. The summed E-state index contributed by atoms with van der Waals surface area (Å²) in [6.45, 7) is 1.20. The number of nitrogen functional groups attached to an aromatic ring is 1. The van der Waals surface area contributed by atoms with E-state index in [1.165, 1.54) is 37.1 Å². The molecule has 0 atom stereocenters. The van der Waals surface area contributed by atoms with E-state index in [-0.39, 0.29) is 7.43 Å². The predicted molar refractivity (Wildman–Crippen MR) is 93.9 cm³/mol. The van der Waals surface area contributed by atoms with Crippen LogP contribution in [0.25, 0.3) is 5.52 Å². The summed E-state index contributed by atoms with van der Waals surface area (Å²) in [5.41, 5.74) is 12.2. The Bertz CT molecular complexity index is 649. The lowest BCUT2D eigenvalue weighted by atomic mass is 10.1. The van der Waals surface area contributed by atoms with Crippen LogP contribution in [0.4, 0.5) is 5.69 Å². The van der Waals surface area contributed by atoms with Crippen molar-refractivity contribution in [3.8, 4) is 0 Å². The van der Waals surface area contributed by atoms with Crippen molar-refractivity contribution in [2.24, 2.45) is 0 Å². The van der Waals surface area contributed by atoms with E-state index >= 15 is 0 Å². The largest absolute Gasteiger partial charge is 0.395 e. The van der Waals surface area contributed by atoms with Gasteiger partial charge in [0, 0.05) is 5.69 Å². The molecule has 0 radical (unpaired) electrons. The topological polar surface area (TPSA) is 43.3 Å². The molecular weight excluding hydrogens is 272 g/mol. The van der Waals surface area contributed by atoms with Crippen molar-refractivity contribution in [2.75, 3.05) is 33.4 Å². The van der Waals surface area contributed by atoms with E-state index in [1.807, 2.05) is 0 Å². The molecule has 0 aromatic carbocycles. The summed E-state index contributed by atoms with van der Waals surface area (Å²) in [5, 5.41) is 4.80. The van der Waals surface area contributed by atoms with Gasteiger partial charge >= 0.3 is 0 Å². The molecule has 2 N–H and O–H groups in total. The Labute approximate surface area is 134 Å². The maximum atomic E-state index is 6.31. The molecule has 2 aromatic rings. The molecule has 4 nitrogen and oxygen atoms in total. The van der Waals surface area contributed by atoms with Crippen molar-refractivity contribution < 1.29 is 4.48 Å². The van der Waals surface area contributed by atoms with Crippen LogP contribution in [0.2, 0.25) is 0 Å². The van der Waals surface area contributed by atoms with Gasteiger partial charge in [-0.25, -0.2) is 4.52 Å². The smallest absolute Gasteiger partial charge is 0.0897 e. The lowest BCUT2D eigenvalue weighted by Crippen LogP contribution is -2.35. The van der Waals surface area contributed by atoms with E-state index in [1.54, 1.807) is 0 Å². The number of hydrogen-bond acceptors (Lipinski definition) is 2. The molecule has 0 saturated heterocycles. The summed E-state index contributed by atoms with van der Waals surface area (Å²) in [4.78, 5) is 0. The van der Waals surface area contributed by atoms with Gasteiger partial charge in [0.15, 0.2) is 0 Å². The standard InChI is InChI=1S/C17H27N4.CH3/c1-21(2,3)12-5-4-8-14-17(18)16-11-10-13-7-6-9-15(13)20(16)19-14;/h10-11H,4-9,12,18H2,1-3H3;1H3/q+1;-1. The van der Waals surface area contributed by atoms with Crippen LogP contribution in [0, 0.1) is 7.43 Å². The van der Waals surface area contributed by atoms with E-state index < -0.39 is 0 Å². The van der Waals surface area contributed by atoms with Gasteiger partial charge in [0.05, 0.1) is 44.6 Å². The predicted octanol–water partition coefficient (Wildman–Crippen LogP) is 2.88. The van der Waals surface area contributed by atoms with Crippen molar-refractivity contribution in [1.82, 2.24) is 9.61 Å². The molecule has 3 rings (SSSR count). The minimum Gasteiger partial charge on any atom is -0.395 e. The molecule has 0 saturated carbocycles. The first-order chi connectivity index (χ1) is 9.96. The first-order valence-electron chi connectivity index (χ1n) is 8.04. The lowest BCUT2D eigenvalue weighted by molar-refractivity contribution is -0.870. The summed E-state index contributed by atoms with van der Waals surface area (Å²) >= 11 is 0. The van der Waals surface area contributed by atoms with Gasteiger partial charge in [0.25, 0.3) is 0 Å². The summed E-state index contributed by atoms with van der Waals surface area (Å²) < 4.78 is 3.13. The Hall–Kier alpha value is -1.55. The van der Waals surface area contributed by atoms with E-state index in [2.05, 4.69) is 37.8 Å². The third kappa shape index (κ3) is 3.27. The van der Waals surface area contributed by atoms with Gasteiger partial charge in [0.1, 0.15) is 0 Å².